The normalized spacial score (nSPS) is 15.8. The van der Waals surface area contributed by atoms with Crippen LogP contribution in [0.1, 0.15) is 17.5 Å². The molecule has 0 bridgehead atoms. The highest BCUT2D eigenvalue weighted by atomic mass is 19.4. The van der Waals surface area contributed by atoms with Gasteiger partial charge in [-0.05, 0) is 30.8 Å². The predicted octanol–water partition coefficient (Wildman–Crippen LogP) is 3.32. The fraction of sp³-hybridized carbons (Fsp3) is 0.350. The number of carbonyl (C=O) groups excluding carboxylic acids is 1. The molecular weight excluding hydrogens is 399 g/mol. The maximum atomic E-state index is 12.7. The quantitative estimate of drug-likeness (QED) is 0.400. The van der Waals surface area contributed by atoms with Crippen LogP contribution in [-0.4, -0.2) is 55.1 Å². The number of nitrogens with zero attached hydrogens (tertiary/aromatic N) is 1. The Balaban J connectivity index is 2.09. The van der Waals surface area contributed by atoms with E-state index in [0.717, 1.165) is 10.5 Å². The molecule has 2 amide bonds. The Bertz CT molecular complexity index is 847. The number of urea groups is 1. The molecule has 1 aromatic carbocycles. The van der Waals surface area contributed by atoms with E-state index in [9.17, 15) is 18.0 Å². The molecule has 0 fully saturated rings. The van der Waals surface area contributed by atoms with E-state index < -0.39 is 31.4 Å². The smallest absolute Gasteiger partial charge is 0.363 e. The van der Waals surface area contributed by atoms with Gasteiger partial charge in [0.05, 0.1) is 18.7 Å². The van der Waals surface area contributed by atoms with Gasteiger partial charge in [-0.3, -0.25) is 10.3 Å². The van der Waals surface area contributed by atoms with Gasteiger partial charge in [-0.1, -0.05) is 29.8 Å². The summed E-state index contributed by atoms with van der Waals surface area (Å²) >= 11 is 0. The number of methoxy groups -OCH3 is 1. The van der Waals surface area contributed by atoms with Crippen LogP contribution >= 0.6 is 0 Å². The van der Waals surface area contributed by atoms with Crippen molar-refractivity contribution in [3.63, 3.8) is 0 Å². The van der Waals surface area contributed by atoms with Crippen LogP contribution in [0.5, 0.6) is 0 Å². The molecule has 4 N–H and O–H groups in total. The number of hydrogen-bond acceptors (Lipinski definition) is 5. The van der Waals surface area contributed by atoms with Crippen molar-refractivity contribution in [2.75, 3.05) is 20.2 Å². The van der Waals surface area contributed by atoms with Gasteiger partial charge in [-0.15, -0.1) is 0 Å². The van der Waals surface area contributed by atoms with E-state index in [4.69, 9.17) is 15.6 Å². The van der Waals surface area contributed by atoms with Gasteiger partial charge in [-0.2, -0.15) is 13.2 Å². The zero-order valence-electron chi connectivity index (χ0n) is 16.6. The highest BCUT2D eigenvalue weighted by Crippen LogP contribution is 2.20. The molecule has 0 saturated heterocycles. The molecule has 10 heteroatoms. The molecule has 1 aliphatic rings. The second-order valence-corrected chi connectivity index (χ2v) is 6.65. The summed E-state index contributed by atoms with van der Waals surface area (Å²) in [5.41, 5.74) is 1.81. The third kappa shape index (κ3) is 6.73. The topological polar surface area (TPSA) is 101 Å². The number of hydrogen-bond donors (Lipinski definition) is 4. The molecule has 0 radical (unpaired) electrons. The Kier molecular flexibility index (Phi) is 7.76. The van der Waals surface area contributed by atoms with Gasteiger partial charge in [0.25, 0.3) is 0 Å². The molecule has 30 heavy (non-hydrogen) atoms. The third-order valence-electron chi connectivity index (χ3n) is 4.33. The number of alkyl halides is 3. The first-order valence-electron chi connectivity index (χ1n) is 9.13. The monoisotopic (exact) mass is 423 g/mol. The first-order valence-corrected chi connectivity index (χ1v) is 9.13. The summed E-state index contributed by atoms with van der Waals surface area (Å²) < 4.78 is 43.3. The Labute approximate surface area is 172 Å². The van der Waals surface area contributed by atoms with Crippen LogP contribution in [0, 0.1) is 17.7 Å². The van der Waals surface area contributed by atoms with Gasteiger partial charge in [0.2, 0.25) is 0 Å². The van der Waals surface area contributed by atoms with E-state index in [1.165, 1.54) is 7.11 Å². The van der Waals surface area contributed by atoms with E-state index in [2.05, 4.69) is 10.6 Å². The SMILES string of the molecule is COC1C=C(C(=N)CNC(=O)N(CCC(F)(F)F)C(=N)c2ccc(C)cc2)C=CN1. The fourth-order valence-corrected chi connectivity index (χ4v) is 2.62. The highest BCUT2D eigenvalue weighted by molar-refractivity contribution is 6.07. The maximum absolute atomic E-state index is 12.7. The van der Waals surface area contributed by atoms with Gasteiger partial charge in [0.1, 0.15) is 12.1 Å². The number of nitrogens with one attached hydrogen (secondary N) is 4. The van der Waals surface area contributed by atoms with Crippen molar-refractivity contribution in [2.45, 2.75) is 25.7 Å². The lowest BCUT2D eigenvalue weighted by Gasteiger charge is -2.25. The Hall–Kier alpha value is -3.14. The maximum Gasteiger partial charge on any atom is 0.390 e. The number of allylic oxidation sites excluding steroid dienone is 1. The summed E-state index contributed by atoms with van der Waals surface area (Å²) in [5.74, 6) is -0.344. The second kappa shape index (κ2) is 10.1. The number of benzene rings is 1. The molecule has 7 nitrogen and oxygen atoms in total. The van der Waals surface area contributed by atoms with Crippen LogP contribution in [-0.2, 0) is 4.74 Å². The van der Waals surface area contributed by atoms with Gasteiger partial charge in [0, 0.05) is 19.2 Å². The summed E-state index contributed by atoms with van der Waals surface area (Å²) in [7, 11) is 1.49. The van der Waals surface area contributed by atoms with Crippen molar-refractivity contribution >= 4 is 17.6 Å². The predicted molar refractivity (Wildman–Crippen MR) is 108 cm³/mol. The van der Waals surface area contributed by atoms with Crippen molar-refractivity contribution in [3.05, 3.63) is 59.3 Å². The molecule has 2 rings (SSSR count). The molecule has 162 valence electrons. The molecule has 1 heterocycles. The molecule has 1 aliphatic heterocycles. The van der Waals surface area contributed by atoms with Crippen LogP contribution in [0.4, 0.5) is 18.0 Å². The van der Waals surface area contributed by atoms with Gasteiger partial charge >= 0.3 is 12.2 Å². The highest BCUT2D eigenvalue weighted by Gasteiger charge is 2.30. The number of halogens is 3. The van der Waals surface area contributed by atoms with E-state index in [1.54, 1.807) is 42.6 Å². The molecule has 1 unspecified atom stereocenters. The average molecular weight is 423 g/mol. The molecule has 1 aromatic rings. The van der Waals surface area contributed by atoms with Crippen LogP contribution in [0.15, 0.2) is 48.2 Å². The number of aryl methyl sites for hydroxylation is 1. The van der Waals surface area contributed by atoms with E-state index in [-0.39, 0.29) is 18.1 Å². The number of amidine groups is 1. The lowest BCUT2D eigenvalue weighted by Crippen LogP contribution is -2.46. The standard InChI is InChI=1S/C20H24F3N5O2/c1-13-3-5-14(6-4-13)18(25)28(10-8-20(21,22)23)19(29)27-12-16(24)15-7-9-26-17(11-15)30-2/h3-7,9,11,17,24-26H,8,10,12H2,1-2H3,(H,27,29). The lowest BCUT2D eigenvalue weighted by atomic mass is 10.1. The zero-order valence-corrected chi connectivity index (χ0v) is 16.6. The Morgan fingerprint density at radius 3 is 2.53 bits per heavy atom. The minimum atomic E-state index is -4.47. The van der Waals surface area contributed by atoms with Crippen molar-refractivity contribution < 1.29 is 22.7 Å². The largest absolute Gasteiger partial charge is 0.390 e. The van der Waals surface area contributed by atoms with Crippen molar-refractivity contribution in [2.24, 2.45) is 0 Å². The lowest BCUT2D eigenvalue weighted by molar-refractivity contribution is -0.135. The van der Waals surface area contributed by atoms with Crippen molar-refractivity contribution in [1.82, 2.24) is 15.5 Å². The van der Waals surface area contributed by atoms with Crippen LogP contribution < -0.4 is 10.6 Å². The van der Waals surface area contributed by atoms with Crippen LogP contribution in [0.2, 0.25) is 0 Å². The summed E-state index contributed by atoms with van der Waals surface area (Å²) in [6, 6.07) is 5.69. The number of rotatable bonds is 7. The Morgan fingerprint density at radius 2 is 1.93 bits per heavy atom. The Morgan fingerprint density at radius 1 is 1.27 bits per heavy atom. The first kappa shape index (κ1) is 23.1. The first-order chi connectivity index (χ1) is 14.1. The second-order valence-electron chi connectivity index (χ2n) is 6.65. The molecule has 1 atom stereocenters. The molecule has 0 aliphatic carbocycles. The van der Waals surface area contributed by atoms with Crippen molar-refractivity contribution in [1.29, 1.82) is 10.8 Å². The fourth-order valence-electron chi connectivity index (χ4n) is 2.62. The number of amides is 2. The van der Waals surface area contributed by atoms with Crippen LogP contribution in [0.25, 0.3) is 0 Å². The third-order valence-corrected chi connectivity index (χ3v) is 4.33. The number of carbonyl (C=O) groups is 1. The number of ether oxygens (including phenoxy) is 1. The van der Waals surface area contributed by atoms with Gasteiger partial charge in [-0.25, -0.2) is 4.79 Å². The van der Waals surface area contributed by atoms with E-state index in [1.807, 2.05) is 6.92 Å². The number of dihydropyridines is 1. The summed E-state index contributed by atoms with van der Waals surface area (Å²) in [6.45, 7) is 0.925. The minimum Gasteiger partial charge on any atom is -0.363 e. The zero-order chi connectivity index (χ0) is 22.3. The minimum absolute atomic E-state index is 0.0563. The van der Waals surface area contributed by atoms with E-state index in [0.29, 0.717) is 11.1 Å². The molecule has 0 spiro atoms. The van der Waals surface area contributed by atoms with Gasteiger partial charge < -0.3 is 20.8 Å². The molecule has 0 saturated carbocycles. The summed E-state index contributed by atoms with van der Waals surface area (Å²) in [5, 5.41) is 21.7. The van der Waals surface area contributed by atoms with Crippen LogP contribution in [0.3, 0.4) is 0 Å². The van der Waals surface area contributed by atoms with Gasteiger partial charge in [0.15, 0.2) is 0 Å². The average Bonchev–Trinajstić information content (AvgIpc) is 2.71. The van der Waals surface area contributed by atoms with E-state index >= 15 is 0 Å². The molecular formula is C20H24F3N5O2. The molecule has 0 aromatic heterocycles. The summed E-state index contributed by atoms with van der Waals surface area (Å²) in [6.07, 6.45) is -1.27. The van der Waals surface area contributed by atoms with Crippen molar-refractivity contribution in [3.8, 4) is 0 Å². The summed E-state index contributed by atoms with van der Waals surface area (Å²) in [4.78, 5) is 13.3.